The zero-order valence-corrected chi connectivity index (χ0v) is 11.9. The van der Waals surface area contributed by atoms with Crippen LogP contribution >= 0.6 is 35.0 Å². The van der Waals surface area contributed by atoms with Crippen LogP contribution in [0.2, 0.25) is 0 Å². The first-order chi connectivity index (χ1) is 7.79. The van der Waals surface area contributed by atoms with E-state index < -0.39 is 0 Å². The smallest absolute Gasteiger partial charge is 0.0332 e. The van der Waals surface area contributed by atoms with Crippen LogP contribution in [0.1, 0.15) is 18.4 Å². The lowest BCUT2D eigenvalue weighted by Gasteiger charge is -2.30. The predicted molar refractivity (Wildman–Crippen MR) is 77.2 cm³/mol. The topological polar surface area (TPSA) is 0 Å². The molecule has 0 heterocycles. The number of thioether (sulfide) groups is 1. The van der Waals surface area contributed by atoms with E-state index in [1.54, 1.807) is 0 Å². The van der Waals surface area contributed by atoms with Gasteiger partial charge in [0, 0.05) is 17.2 Å². The maximum absolute atomic E-state index is 6.15. The number of halogens is 2. The van der Waals surface area contributed by atoms with E-state index in [4.69, 9.17) is 23.2 Å². The summed E-state index contributed by atoms with van der Waals surface area (Å²) < 4.78 is 0. The highest BCUT2D eigenvalue weighted by atomic mass is 35.5. The standard InChI is InChI=1S/C13H18Cl2S/c1-16-9-5-8-13(10-14,11-15)12-6-3-2-4-7-12/h2-4,6-7H,5,8-11H2,1H3. The molecule has 0 fully saturated rings. The molecular weight excluding hydrogens is 259 g/mol. The summed E-state index contributed by atoms with van der Waals surface area (Å²) in [5, 5.41) is 0. The molecule has 0 atom stereocenters. The zero-order chi connectivity index (χ0) is 11.9. The molecule has 0 spiro atoms. The number of hydrogen-bond donors (Lipinski definition) is 0. The molecule has 0 unspecified atom stereocenters. The molecule has 0 radical (unpaired) electrons. The van der Waals surface area contributed by atoms with Crippen LogP contribution in [0.3, 0.4) is 0 Å². The average molecular weight is 277 g/mol. The Hall–Kier alpha value is 0.150. The first-order valence-electron chi connectivity index (χ1n) is 5.45. The van der Waals surface area contributed by atoms with Crippen molar-refractivity contribution in [2.75, 3.05) is 23.8 Å². The Balaban J connectivity index is 2.79. The van der Waals surface area contributed by atoms with Gasteiger partial charge in [-0.05, 0) is 30.4 Å². The van der Waals surface area contributed by atoms with Gasteiger partial charge in [0.05, 0.1) is 0 Å². The number of alkyl halides is 2. The van der Waals surface area contributed by atoms with Gasteiger partial charge >= 0.3 is 0 Å². The zero-order valence-electron chi connectivity index (χ0n) is 9.59. The highest BCUT2D eigenvalue weighted by molar-refractivity contribution is 7.98. The average Bonchev–Trinajstić information content (AvgIpc) is 2.36. The summed E-state index contributed by atoms with van der Waals surface area (Å²) in [6, 6.07) is 10.4. The number of hydrogen-bond acceptors (Lipinski definition) is 1. The maximum atomic E-state index is 6.15. The van der Waals surface area contributed by atoms with Crippen LogP contribution in [0, 0.1) is 0 Å². The summed E-state index contributed by atoms with van der Waals surface area (Å²) in [6.45, 7) is 0. The monoisotopic (exact) mass is 276 g/mol. The van der Waals surface area contributed by atoms with Crippen molar-refractivity contribution < 1.29 is 0 Å². The summed E-state index contributed by atoms with van der Waals surface area (Å²) in [7, 11) is 0. The van der Waals surface area contributed by atoms with E-state index >= 15 is 0 Å². The third kappa shape index (κ3) is 3.58. The van der Waals surface area contributed by atoms with Crippen LogP contribution in [-0.2, 0) is 5.41 Å². The van der Waals surface area contributed by atoms with Gasteiger partial charge in [0.15, 0.2) is 0 Å². The summed E-state index contributed by atoms with van der Waals surface area (Å²) in [6.07, 6.45) is 4.35. The quantitative estimate of drug-likeness (QED) is 0.520. The van der Waals surface area contributed by atoms with E-state index in [1.807, 2.05) is 17.8 Å². The fourth-order valence-corrected chi connectivity index (χ4v) is 3.11. The van der Waals surface area contributed by atoms with Crippen LogP contribution in [0.15, 0.2) is 30.3 Å². The van der Waals surface area contributed by atoms with Gasteiger partial charge in [-0.2, -0.15) is 11.8 Å². The normalized spacial score (nSPS) is 11.7. The lowest BCUT2D eigenvalue weighted by Crippen LogP contribution is -2.30. The molecule has 0 aromatic heterocycles. The molecular formula is C13H18Cl2S. The van der Waals surface area contributed by atoms with Gasteiger partial charge < -0.3 is 0 Å². The van der Waals surface area contributed by atoms with Crippen LogP contribution in [-0.4, -0.2) is 23.8 Å². The summed E-state index contributed by atoms with van der Waals surface area (Å²) in [5.41, 5.74) is 1.21. The van der Waals surface area contributed by atoms with Gasteiger partial charge in [0.25, 0.3) is 0 Å². The molecule has 1 aromatic rings. The van der Waals surface area contributed by atoms with Gasteiger partial charge in [0.2, 0.25) is 0 Å². The molecule has 1 aromatic carbocycles. The first kappa shape index (κ1) is 14.2. The van der Waals surface area contributed by atoms with Crippen molar-refractivity contribution in [2.24, 2.45) is 0 Å². The summed E-state index contributed by atoms with van der Waals surface area (Å²) >= 11 is 14.2. The number of rotatable bonds is 7. The van der Waals surface area contributed by atoms with E-state index in [9.17, 15) is 0 Å². The second-order valence-electron chi connectivity index (χ2n) is 4.01. The molecule has 3 heteroatoms. The van der Waals surface area contributed by atoms with Crippen LogP contribution in [0.5, 0.6) is 0 Å². The molecule has 0 nitrogen and oxygen atoms in total. The van der Waals surface area contributed by atoms with Crippen molar-refractivity contribution >= 4 is 35.0 Å². The van der Waals surface area contributed by atoms with Gasteiger partial charge in [-0.15, -0.1) is 23.2 Å². The minimum absolute atomic E-state index is 0.0555. The van der Waals surface area contributed by atoms with E-state index in [-0.39, 0.29) is 5.41 Å². The molecule has 0 bridgehead atoms. The molecule has 16 heavy (non-hydrogen) atoms. The molecule has 90 valence electrons. The SMILES string of the molecule is CSCCCC(CCl)(CCl)c1ccccc1. The van der Waals surface area contributed by atoms with Crippen molar-refractivity contribution in [3.8, 4) is 0 Å². The van der Waals surface area contributed by atoms with E-state index in [0.29, 0.717) is 11.8 Å². The molecule has 0 aliphatic carbocycles. The van der Waals surface area contributed by atoms with E-state index in [2.05, 4.69) is 30.5 Å². The number of benzene rings is 1. The molecule has 0 saturated heterocycles. The Bertz CT molecular complexity index is 283. The predicted octanol–water partition coefficient (Wildman–Crippen LogP) is 4.55. The van der Waals surface area contributed by atoms with Crippen molar-refractivity contribution in [1.29, 1.82) is 0 Å². The lowest BCUT2D eigenvalue weighted by atomic mass is 9.80. The van der Waals surface area contributed by atoms with Gasteiger partial charge in [-0.1, -0.05) is 30.3 Å². The minimum atomic E-state index is -0.0555. The van der Waals surface area contributed by atoms with Crippen LogP contribution < -0.4 is 0 Å². The Kier molecular flexibility index (Phi) is 6.64. The lowest BCUT2D eigenvalue weighted by molar-refractivity contribution is 0.487. The fourth-order valence-electron chi connectivity index (χ4n) is 1.81. The second-order valence-corrected chi connectivity index (χ2v) is 5.53. The van der Waals surface area contributed by atoms with Crippen LogP contribution in [0.4, 0.5) is 0 Å². The Morgan fingerprint density at radius 3 is 2.25 bits per heavy atom. The fraction of sp³-hybridized carbons (Fsp3) is 0.538. The van der Waals surface area contributed by atoms with E-state index in [1.165, 1.54) is 11.3 Å². The highest BCUT2D eigenvalue weighted by Crippen LogP contribution is 2.32. The Morgan fingerprint density at radius 1 is 1.12 bits per heavy atom. The second kappa shape index (κ2) is 7.47. The van der Waals surface area contributed by atoms with Crippen molar-refractivity contribution in [3.05, 3.63) is 35.9 Å². The molecule has 0 saturated carbocycles. The Morgan fingerprint density at radius 2 is 1.75 bits per heavy atom. The van der Waals surface area contributed by atoms with E-state index in [0.717, 1.165) is 12.8 Å². The molecule has 0 aliphatic heterocycles. The molecule has 1 rings (SSSR count). The van der Waals surface area contributed by atoms with Gasteiger partial charge in [-0.3, -0.25) is 0 Å². The molecule has 0 N–H and O–H groups in total. The van der Waals surface area contributed by atoms with Crippen molar-refractivity contribution in [3.63, 3.8) is 0 Å². The van der Waals surface area contributed by atoms with Gasteiger partial charge in [-0.25, -0.2) is 0 Å². The van der Waals surface area contributed by atoms with Crippen LogP contribution in [0.25, 0.3) is 0 Å². The molecule has 0 amide bonds. The largest absolute Gasteiger partial charge is 0.165 e. The third-order valence-electron chi connectivity index (χ3n) is 2.90. The summed E-state index contributed by atoms with van der Waals surface area (Å²) in [4.78, 5) is 0. The van der Waals surface area contributed by atoms with Gasteiger partial charge in [0.1, 0.15) is 0 Å². The van der Waals surface area contributed by atoms with Crippen molar-refractivity contribution in [1.82, 2.24) is 0 Å². The van der Waals surface area contributed by atoms with Crippen molar-refractivity contribution in [2.45, 2.75) is 18.3 Å². The third-order valence-corrected chi connectivity index (χ3v) is 4.62. The highest BCUT2D eigenvalue weighted by Gasteiger charge is 2.29. The summed E-state index contributed by atoms with van der Waals surface area (Å²) in [5.74, 6) is 2.35. The minimum Gasteiger partial charge on any atom is -0.165 e. The Labute approximate surface area is 113 Å². The maximum Gasteiger partial charge on any atom is 0.0332 e. The molecule has 0 aliphatic rings. The first-order valence-corrected chi connectivity index (χ1v) is 7.92.